The predicted molar refractivity (Wildman–Crippen MR) is 124 cm³/mol. The fraction of sp³-hybridized carbons (Fsp3) is 0.789. The third-order valence-corrected chi connectivity index (χ3v) is 5.83. The van der Waals surface area contributed by atoms with Gasteiger partial charge in [0.25, 0.3) is 0 Å². The molecule has 0 radical (unpaired) electrons. The van der Waals surface area contributed by atoms with Gasteiger partial charge in [0.1, 0.15) is 24.2 Å². The Morgan fingerprint density at radius 3 is 1.74 bits per heavy atom. The first-order valence-electron chi connectivity index (χ1n) is 10.0. The summed E-state index contributed by atoms with van der Waals surface area (Å²) in [7, 11) is 0. The van der Waals surface area contributed by atoms with Crippen molar-refractivity contribution in [3.05, 3.63) is 0 Å². The third-order valence-electron chi connectivity index (χ3n) is 4.54. The van der Waals surface area contributed by atoms with E-state index in [9.17, 15) is 29.4 Å². The second-order valence-electron chi connectivity index (χ2n) is 7.52. The molecule has 0 aromatic heterocycles. The van der Waals surface area contributed by atoms with Gasteiger partial charge in [0.15, 0.2) is 0 Å². The molecule has 5 atom stereocenters. The fourth-order valence-corrected chi connectivity index (χ4v) is 3.48. The second kappa shape index (κ2) is 15.3. The number of rotatable bonds is 15. The molecule has 180 valence electrons. The van der Waals surface area contributed by atoms with Gasteiger partial charge in [-0.1, -0.05) is 13.8 Å². The van der Waals surface area contributed by atoms with Crippen LogP contribution < -0.4 is 21.7 Å². The zero-order valence-corrected chi connectivity index (χ0v) is 20.3. The van der Waals surface area contributed by atoms with E-state index in [0.29, 0.717) is 17.9 Å². The average Bonchev–Trinajstić information content (AvgIpc) is 2.70. The molecule has 0 saturated carbocycles. The van der Waals surface area contributed by atoms with Crippen molar-refractivity contribution in [3.8, 4) is 0 Å². The van der Waals surface area contributed by atoms with Gasteiger partial charge in [0.2, 0.25) is 17.7 Å². The van der Waals surface area contributed by atoms with Gasteiger partial charge in [0, 0.05) is 0 Å². The Labute approximate surface area is 192 Å². The van der Waals surface area contributed by atoms with Crippen molar-refractivity contribution in [2.24, 2.45) is 11.7 Å². The lowest BCUT2D eigenvalue weighted by molar-refractivity contribution is -0.142. The molecule has 31 heavy (non-hydrogen) atoms. The molecule has 3 amide bonds. The number of carboxylic acids is 1. The van der Waals surface area contributed by atoms with Gasteiger partial charge in [-0.25, -0.2) is 4.79 Å². The summed E-state index contributed by atoms with van der Waals surface area (Å²) < 4.78 is 0. The summed E-state index contributed by atoms with van der Waals surface area (Å²) in [6.45, 7) is 4.81. The van der Waals surface area contributed by atoms with E-state index >= 15 is 0 Å². The number of aliphatic hydroxyl groups is 1. The van der Waals surface area contributed by atoms with Crippen LogP contribution in [0.5, 0.6) is 0 Å². The van der Waals surface area contributed by atoms with Crippen LogP contribution >= 0.6 is 23.5 Å². The highest BCUT2D eigenvalue weighted by Gasteiger charge is 2.32. The van der Waals surface area contributed by atoms with Crippen molar-refractivity contribution < 1.29 is 29.4 Å². The molecule has 12 heteroatoms. The van der Waals surface area contributed by atoms with Crippen molar-refractivity contribution in [1.82, 2.24) is 16.0 Å². The summed E-state index contributed by atoms with van der Waals surface area (Å²) in [5.41, 5.74) is 5.63. The standard InChI is InChI=1S/C19H36N4O6S2/c1-10(2)15(23-17(26)14(20)11(3)24)18(27)21-12(6-8-30-4)16(25)22-13(19(28)29)7-9-31-5/h10-15,24H,6-9,20H2,1-5H3,(H,21,27)(H,22,25)(H,23,26)(H,28,29). The van der Waals surface area contributed by atoms with E-state index in [2.05, 4.69) is 16.0 Å². The number of aliphatic hydroxyl groups excluding tert-OH is 1. The minimum atomic E-state index is -1.20. The monoisotopic (exact) mass is 480 g/mol. The molecule has 0 aliphatic rings. The molecule has 0 aromatic rings. The first kappa shape index (κ1) is 29.5. The molecule has 0 heterocycles. The molecule has 0 rings (SSSR count). The first-order valence-corrected chi connectivity index (χ1v) is 12.8. The number of nitrogens with two attached hydrogens (primary N) is 1. The maximum Gasteiger partial charge on any atom is 0.326 e. The molecular weight excluding hydrogens is 444 g/mol. The Bertz CT molecular complexity index is 606. The van der Waals surface area contributed by atoms with E-state index in [0.717, 1.165) is 0 Å². The van der Waals surface area contributed by atoms with E-state index in [4.69, 9.17) is 5.73 Å². The summed E-state index contributed by atoms with van der Waals surface area (Å²) in [5.74, 6) is -2.20. The molecular formula is C19H36N4O6S2. The van der Waals surface area contributed by atoms with Crippen molar-refractivity contribution in [2.75, 3.05) is 24.0 Å². The molecule has 0 bridgehead atoms. The zero-order valence-electron chi connectivity index (χ0n) is 18.7. The topological polar surface area (TPSA) is 171 Å². The number of thioether (sulfide) groups is 2. The Kier molecular flexibility index (Phi) is 14.6. The number of carbonyl (C=O) groups is 4. The first-order chi connectivity index (χ1) is 14.5. The summed E-state index contributed by atoms with van der Waals surface area (Å²) in [6.07, 6.45) is 3.15. The summed E-state index contributed by atoms with van der Waals surface area (Å²) >= 11 is 2.95. The number of aliphatic carboxylic acids is 1. The number of hydrogen-bond donors (Lipinski definition) is 6. The predicted octanol–water partition coefficient (Wildman–Crippen LogP) is -0.604. The lowest BCUT2D eigenvalue weighted by Gasteiger charge is -2.27. The number of carboxylic acid groups (broad SMARTS) is 1. The van der Waals surface area contributed by atoms with Crippen LogP contribution in [0.2, 0.25) is 0 Å². The maximum absolute atomic E-state index is 12.8. The SMILES string of the molecule is CSCCC(NC(=O)C(CCSC)NC(=O)C(NC(=O)C(N)C(C)O)C(C)C)C(=O)O. The molecule has 0 aliphatic heterocycles. The Morgan fingerprint density at radius 2 is 1.32 bits per heavy atom. The number of hydrogen-bond acceptors (Lipinski definition) is 8. The van der Waals surface area contributed by atoms with Gasteiger partial charge in [-0.15, -0.1) is 0 Å². The van der Waals surface area contributed by atoms with Crippen LogP contribution in [-0.4, -0.2) is 88.2 Å². The van der Waals surface area contributed by atoms with E-state index in [1.54, 1.807) is 13.8 Å². The lowest BCUT2D eigenvalue weighted by Crippen LogP contribution is -2.59. The molecule has 0 aromatic carbocycles. The molecule has 0 aliphatic carbocycles. The average molecular weight is 481 g/mol. The van der Waals surface area contributed by atoms with Crippen molar-refractivity contribution in [3.63, 3.8) is 0 Å². The third kappa shape index (κ3) is 11.1. The van der Waals surface area contributed by atoms with Crippen molar-refractivity contribution in [2.45, 2.75) is 63.9 Å². The van der Waals surface area contributed by atoms with E-state index in [-0.39, 0.29) is 12.3 Å². The van der Waals surface area contributed by atoms with Crippen LogP contribution in [0.4, 0.5) is 0 Å². The van der Waals surface area contributed by atoms with Gasteiger partial charge in [-0.05, 0) is 49.7 Å². The van der Waals surface area contributed by atoms with E-state index in [1.165, 1.54) is 30.4 Å². The summed E-state index contributed by atoms with van der Waals surface area (Å²) in [6, 6.07) is -4.19. The van der Waals surface area contributed by atoms with Gasteiger partial charge in [-0.3, -0.25) is 14.4 Å². The molecule has 0 spiro atoms. The summed E-state index contributed by atoms with van der Waals surface area (Å²) in [4.78, 5) is 49.2. The smallest absolute Gasteiger partial charge is 0.326 e. The highest BCUT2D eigenvalue weighted by molar-refractivity contribution is 7.98. The lowest BCUT2D eigenvalue weighted by atomic mass is 10.0. The van der Waals surface area contributed by atoms with Gasteiger partial charge in [0.05, 0.1) is 6.10 Å². The normalized spacial score (nSPS) is 16.0. The van der Waals surface area contributed by atoms with Crippen LogP contribution in [0, 0.1) is 5.92 Å². The zero-order chi connectivity index (χ0) is 24.1. The maximum atomic E-state index is 12.8. The second-order valence-corrected chi connectivity index (χ2v) is 9.49. The number of nitrogens with one attached hydrogen (secondary N) is 3. The highest BCUT2D eigenvalue weighted by atomic mass is 32.2. The molecule has 0 fully saturated rings. The molecule has 0 saturated heterocycles. The Morgan fingerprint density at radius 1 is 0.839 bits per heavy atom. The van der Waals surface area contributed by atoms with Gasteiger partial charge < -0.3 is 31.9 Å². The van der Waals surface area contributed by atoms with Crippen molar-refractivity contribution in [1.29, 1.82) is 0 Å². The van der Waals surface area contributed by atoms with Crippen LogP contribution in [0.1, 0.15) is 33.6 Å². The highest BCUT2D eigenvalue weighted by Crippen LogP contribution is 2.08. The molecule has 10 nitrogen and oxygen atoms in total. The van der Waals surface area contributed by atoms with E-state index < -0.39 is 54.0 Å². The van der Waals surface area contributed by atoms with Crippen LogP contribution in [0.15, 0.2) is 0 Å². The number of amides is 3. The van der Waals surface area contributed by atoms with Crippen LogP contribution in [0.3, 0.4) is 0 Å². The molecule has 7 N–H and O–H groups in total. The quantitative estimate of drug-likeness (QED) is 0.179. The van der Waals surface area contributed by atoms with E-state index in [1.807, 2.05) is 12.5 Å². The minimum absolute atomic E-state index is 0.257. The Balaban J connectivity index is 5.35. The van der Waals surface area contributed by atoms with Crippen molar-refractivity contribution >= 4 is 47.2 Å². The number of carbonyl (C=O) groups excluding carboxylic acids is 3. The Hall–Kier alpha value is -1.50. The minimum Gasteiger partial charge on any atom is -0.480 e. The fourth-order valence-electron chi connectivity index (χ4n) is 2.53. The molecule has 5 unspecified atom stereocenters. The summed E-state index contributed by atoms with van der Waals surface area (Å²) in [5, 5.41) is 26.5. The largest absolute Gasteiger partial charge is 0.480 e. The van der Waals surface area contributed by atoms with Gasteiger partial charge >= 0.3 is 5.97 Å². The van der Waals surface area contributed by atoms with Crippen LogP contribution in [0.25, 0.3) is 0 Å². The van der Waals surface area contributed by atoms with Crippen LogP contribution in [-0.2, 0) is 19.2 Å². The van der Waals surface area contributed by atoms with Gasteiger partial charge in [-0.2, -0.15) is 23.5 Å².